The minimum atomic E-state index is 0.0423. The Morgan fingerprint density at radius 1 is 1.24 bits per heavy atom. The highest BCUT2D eigenvalue weighted by Gasteiger charge is 2.29. The van der Waals surface area contributed by atoms with Crippen molar-refractivity contribution in [2.75, 3.05) is 14.2 Å². The predicted octanol–water partition coefficient (Wildman–Crippen LogP) is 3.46. The Kier molecular flexibility index (Phi) is 5.50. The van der Waals surface area contributed by atoms with Gasteiger partial charge >= 0.3 is 0 Å². The number of hydrogen-bond acceptors (Lipinski definition) is 6. The molecular formula is C19H23NO5. The van der Waals surface area contributed by atoms with Gasteiger partial charge in [0.1, 0.15) is 23.9 Å². The van der Waals surface area contributed by atoms with Gasteiger partial charge in [-0.1, -0.05) is 0 Å². The summed E-state index contributed by atoms with van der Waals surface area (Å²) >= 11 is 0. The maximum atomic E-state index is 11.6. The number of benzene rings is 1. The first-order chi connectivity index (χ1) is 12.1. The van der Waals surface area contributed by atoms with E-state index in [1.807, 2.05) is 24.3 Å². The van der Waals surface area contributed by atoms with E-state index in [9.17, 15) is 4.79 Å². The number of ketones is 1. The number of carbonyl (C=O) groups is 1. The van der Waals surface area contributed by atoms with Gasteiger partial charge in [0.2, 0.25) is 0 Å². The molecule has 1 aromatic carbocycles. The Hall–Kier alpha value is -2.18. The van der Waals surface area contributed by atoms with Gasteiger partial charge in [-0.3, -0.25) is 4.79 Å². The number of aromatic nitrogens is 1. The van der Waals surface area contributed by atoms with Crippen molar-refractivity contribution in [1.82, 2.24) is 4.98 Å². The standard InChI is InChI=1S/C19H23NO5/c1-12(21)13-4-6-15(8-13)25-19-10-16(22-2)9-18-17(19)7-5-14(20-18)11-24-23-3/h5,7,9-10,13,15H,4,6,8,11H2,1-3H3. The number of Topliss-reactive ketones (excluding diaryl/α,β-unsaturated/α-hetero) is 1. The third-order valence-corrected chi connectivity index (χ3v) is 4.61. The Balaban J connectivity index is 1.87. The molecule has 3 rings (SSSR count). The quantitative estimate of drug-likeness (QED) is 0.565. The maximum Gasteiger partial charge on any atom is 0.133 e. The van der Waals surface area contributed by atoms with Crippen LogP contribution in [0, 0.1) is 5.92 Å². The third-order valence-electron chi connectivity index (χ3n) is 4.61. The molecule has 6 nitrogen and oxygen atoms in total. The first-order valence-corrected chi connectivity index (χ1v) is 8.41. The van der Waals surface area contributed by atoms with Gasteiger partial charge in [-0.2, -0.15) is 0 Å². The summed E-state index contributed by atoms with van der Waals surface area (Å²) in [6.45, 7) is 1.92. The molecule has 1 fully saturated rings. The van der Waals surface area contributed by atoms with Crippen molar-refractivity contribution in [1.29, 1.82) is 0 Å². The Morgan fingerprint density at radius 3 is 2.76 bits per heavy atom. The number of carbonyl (C=O) groups excluding carboxylic acids is 1. The van der Waals surface area contributed by atoms with Gasteiger partial charge in [0.25, 0.3) is 0 Å². The Labute approximate surface area is 147 Å². The van der Waals surface area contributed by atoms with Crippen molar-refractivity contribution in [3.8, 4) is 11.5 Å². The zero-order chi connectivity index (χ0) is 17.8. The molecule has 134 valence electrons. The fourth-order valence-corrected chi connectivity index (χ4v) is 3.23. The van der Waals surface area contributed by atoms with Crippen LogP contribution in [0.1, 0.15) is 31.9 Å². The van der Waals surface area contributed by atoms with Gasteiger partial charge in [0, 0.05) is 23.4 Å². The molecule has 0 bridgehead atoms. The third kappa shape index (κ3) is 4.08. The van der Waals surface area contributed by atoms with Crippen LogP contribution < -0.4 is 9.47 Å². The van der Waals surface area contributed by atoms with Crippen LogP contribution in [0.5, 0.6) is 11.5 Å². The van der Waals surface area contributed by atoms with E-state index in [0.29, 0.717) is 5.75 Å². The highest BCUT2D eigenvalue weighted by molar-refractivity contribution is 5.87. The zero-order valence-corrected chi connectivity index (χ0v) is 14.8. The average Bonchev–Trinajstić information content (AvgIpc) is 3.08. The molecule has 2 unspecified atom stereocenters. The molecule has 0 N–H and O–H groups in total. The summed E-state index contributed by atoms with van der Waals surface area (Å²) in [4.78, 5) is 25.7. The van der Waals surface area contributed by atoms with Gasteiger partial charge < -0.3 is 9.47 Å². The maximum absolute atomic E-state index is 11.6. The van der Waals surface area contributed by atoms with Crippen molar-refractivity contribution < 1.29 is 24.0 Å². The summed E-state index contributed by atoms with van der Waals surface area (Å²) in [6.07, 6.45) is 2.58. The first kappa shape index (κ1) is 17.6. The van der Waals surface area contributed by atoms with Gasteiger partial charge in [-0.15, -0.1) is 0 Å². The van der Waals surface area contributed by atoms with E-state index in [1.54, 1.807) is 14.0 Å². The van der Waals surface area contributed by atoms with Gasteiger partial charge in [0.05, 0.1) is 31.5 Å². The second-order valence-electron chi connectivity index (χ2n) is 6.28. The molecule has 25 heavy (non-hydrogen) atoms. The lowest BCUT2D eigenvalue weighted by molar-refractivity contribution is -0.282. The lowest BCUT2D eigenvalue weighted by Crippen LogP contribution is -2.14. The fraction of sp³-hybridized carbons (Fsp3) is 0.474. The molecule has 6 heteroatoms. The average molecular weight is 345 g/mol. The van der Waals surface area contributed by atoms with Crippen molar-refractivity contribution in [3.05, 3.63) is 30.0 Å². The monoisotopic (exact) mass is 345 g/mol. The van der Waals surface area contributed by atoms with Gasteiger partial charge in [0.15, 0.2) is 0 Å². The molecule has 0 saturated heterocycles. The minimum Gasteiger partial charge on any atom is -0.497 e. The SMILES string of the molecule is COOCc1ccc2c(OC3CCC(C(C)=O)C3)cc(OC)cc2n1. The van der Waals surface area contributed by atoms with Crippen molar-refractivity contribution in [2.45, 2.75) is 38.9 Å². The van der Waals surface area contributed by atoms with E-state index in [1.165, 1.54) is 7.11 Å². The van der Waals surface area contributed by atoms with Crippen molar-refractivity contribution >= 4 is 16.7 Å². The second-order valence-corrected chi connectivity index (χ2v) is 6.28. The van der Waals surface area contributed by atoms with E-state index >= 15 is 0 Å². The molecule has 1 saturated carbocycles. The molecule has 2 atom stereocenters. The first-order valence-electron chi connectivity index (χ1n) is 8.41. The topological polar surface area (TPSA) is 66.9 Å². The molecule has 0 aliphatic heterocycles. The highest BCUT2D eigenvalue weighted by Crippen LogP contribution is 2.35. The molecule has 0 amide bonds. The number of ether oxygens (including phenoxy) is 2. The van der Waals surface area contributed by atoms with Crippen LogP contribution in [0.3, 0.4) is 0 Å². The summed E-state index contributed by atoms with van der Waals surface area (Å²) in [5.41, 5.74) is 1.53. The van der Waals surface area contributed by atoms with Crippen molar-refractivity contribution in [2.24, 2.45) is 5.92 Å². The van der Waals surface area contributed by atoms with Crippen LogP contribution in [0.4, 0.5) is 0 Å². The minimum absolute atomic E-state index is 0.0423. The van der Waals surface area contributed by atoms with E-state index in [-0.39, 0.29) is 24.4 Å². The number of rotatable bonds is 7. The summed E-state index contributed by atoms with van der Waals surface area (Å²) in [5.74, 6) is 1.76. The van der Waals surface area contributed by atoms with Gasteiger partial charge in [-0.25, -0.2) is 14.8 Å². The zero-order valence-electron chi connectivity index (χ0n) is 14.8. The Morgan fingerprint density at radius 2 is 2.08 bits per heavy atom. The summed E-state index contributed by atoms with van der Waals surface area (Å²) in [7, 11) is 3.08. The predicted molar refractivity (Wildman–Crippen MR) is 92.5 cm³/mol. The highest BCUT2D eigenvalue weighted by atomic mass is 17.2. The number of nitrogens with zero attached hydrogens (tertiary/aromatic N) is 1. The van der Waals surface area contributed by atoms with E-state index in [0.717, 1.165) is 41.6 Å². The number of methoxy groups -OCH3 is 1. The Bertz CT molecular complexity index is 761. The van der Waals surface area contributed by atoms with Crippen LogP contribution >= 0.6 is 0 Å². The number of pyridine rings is 1. The molecule has 1 heterocycles. The van der Waals surface area contributed by atoms with Crippen molar-refractivity contribution in [3.63, 3.8) is 0 Å². The van der Waals surface area contributed by atoms with Gasteiger partial charge in [-0.05, 0) is 38.3 Å². The largest absolute Gasteiger partial charge is 0.497 e. The van der Waals surface area contributed by atoms with Crippen LogP contribution in [0.2, 0.25) is 0 Å². The lowest BCUT2D eigenvalue weighted by Gasteiger charge is -2.17. The van der Waals surface area contributed by atoms with Crippen LogP contribution in [-0.2, 0) is 21.2 Å². The lowest BCUT2D eigenvalue weighted by atomic mass is 10.0. The molecular weight excluding hydrogens is 322 g/mol. The number of hydrogen-bond donors (Lipinski definition) is 0. The summed E-state index contributed by atoms with van der Waals surface area (Å²) in [5, 5.41) is 0.910. The summed E-state index contributed by atoms with van der Waals surface area (Å²) < 4.78 is 11.6. The van der Waals surface area contributed by atoms with Crippen LogP contribution in [-0.4, -0.2) is 31.1 Å². The van der Waals surface area contributed by atoms with Crippen LogP contribution in [0.15, 0.2) is 24.3 Å². The summed E-state index contributed by atoms with van der Waals surface area (Å²) in [6, 6.07) is 7.58. The molecule has 1 aliphatic carbocycles. The molecule has 0 radical (unpaired) electrons. The second kappa shape index (κ2) is 7.80. The van der Waals surface area contributed by atoms with Crippen LogP contribution in [0.25, 0.3) is 10.9 Å². The van der Waals surface area contributed by atoms with E-state index in [4.69, 9.17) is 14.4 Å². The fourth-order valence-electron chi connectivity index (χ4n) is 3.23. The molecule has 1 aromatic heterocycles. The van der Waals surface area contributed by atoms with E-state index < -0.39 is 0 Å². The smallest absolute Gasteiger partial charge is 0.133 e. The molecule has 2 aromatic rings. The number of fused-ring (bicyclic) bond motifs is 1. The molecule has 0 spiro atoms. The molecule has 1 aliphatic rings. The normalized spacial score (nSPS) is 20.0. The van der Waals surface area contributed by atoms with E-state index in [2.05, 4.69) is 9.87 Å².